The number of azo groups is 1. The van der Waals surface area contributed by atoms with Gasteiger partial charge in [0.2, 0.25) is 0 Å². The topological polar surface area (TPSA) is 32.5 Å². The van der Waals surface area contributed by atoms with Crippen molar-refractivity contribution in [2.45, 2.75) is 0 Å². The van der Waals surface area contributed by atoms with Crippen LogP contribution in [0, 0.1) is 0 Å². The van der Waals surface area contributed by atoms with Gasteiger partial charge in [-0.2, -0.15) is 0 Å². The maximum Gasteiger partial charge on any atom is 0.185 e. The van der Waals surface area contributed by atoms with Crippen molar-refractivity contribution in [3.8, 4) is 0 Å². The molecule has 2 heterocycles. The van der Waals surface area contributed by atoms with Crippen LogP contribution in [-0.2, 0) is 14.1 Å². The molecule has 0 unspecified atom stereocenters. The number of rotatable bonds is 2. The van der Waals surface area contributed by atoms with E-state index >= 15 is 0 Å². The Bertz CT molecular complexity index is 594. The Morgan fingerprint density at radius 1 is 0.650 bits per heavy atom. The lowest BCUT2D eigenvalue weighted by Crippen LogP contribution is -2.26. The molecule has 0 aliphatic heterocycles. The Morgan fingerprint density at radius 2 is 0.900 bits per heavy atom. The minimum Gasteiger partial charge on any atom is -0.206 e. The van der Waals surface area contributed by atoms with Gasteiger partial charge < -0.3 is 0 Å². The van der Waals surface area contributed by atoms with E-state index in [4.69, 9.17) is 0 Å². The van der Waals surface area contributed by atoms with Gasteiger partial charge in [-0.25, -0.2) is 9.13 Å². The lowest BCUT2D eigenvalue weighted by atomic mass is 10.4. The third-order valence-corrected chi connectivity index (χ3v) is 4.74. The fourth-order valence-electron chi connectivity index (χ4n) is 1.55. The van der Waals surface area contributed by atoms with E-state index in [1.165, 1.54) is 0 Å². The molecule has 2 aromatic rings. The van der Waals surface area contributed by atoms with Crippen molar-refractivity contribution in [3.63, 3.8) is 0 Å². The van der Waals surface area contributed by atoms with Crippen molar-refractivity contribution in [2.24, 2.45) is 24.3 Å². The van der Waals surface area contributed by atoms with Crippen LogP contribution in [0.25, 0.3) is 0 Å². The Balaban J connectivity index is 2.45. The number of aromatic nitrogens is 2. The maximum atomic E-state index is 4.32. The highest BCUT2D eigenvalue weighted by Gasteiger charge is 2.13. The zero-order chi connectivity index (χ0) is 14.9. The van der Waals surface area contributed by atoms with E-state index in [9.17, 15) is 0 Å². The summed E-state index contributed by atoms with van der Waals surface area (Å²) in [6.45, 7) is 0. The van der Waals surface area contributed by atoms with Gasteiger partial charge in [0.1, 0.15) is 43.4 Å². The van der Waals surface area contributed by atoms with Crippen LogP contribution >= 0.6 is 63.7 Å². The van der Waals surface area contributed by atoms with Crippen LogP contribution in [0.1, 0.15) is 0 Å². The van der Waals surface area contributed by atoms with Crippen LogP contribution in [0.3, 0.4) is 0 Å². The molecule has 2 rings (SSSR count). The second-order valence-electron chi connectivity index (χ2n) is 4.14. The molecule has 0 bridgehead atoms. The first-order valence-electron chi connectivity index (χ1n) is 5.49. The standard InChI is InChI=1S/C12H10Br4N4/c1-19-3-7(13)11(8(14)4-19)17-18-12-9(15)5-20(2)6-10(12)16/h3-6H,1-2H3/q+2. The third kappa shape index (κ3) is 3.72. The Hall–Kier alpha value is -0.180. The first kappa shape index (κ1) is 16.2. The number of hydrogen-bond acceptors (Lipinski definition) is 2. The molecule has 104 valence electrons. The molecule has 0 aliphatic carbocycles. The van der Waals surface area contributed by atoms with Gasteiger partial charge in [0.15, 0.2) is 24.8 Å². The predicted molar refractivity (Wildman–Crippen MR) is 90.2 cm³/mol. The van der Waals surface area contributed by atoms with Crippen molar-refractivity contribution in [3.05, 3.63) is 42.7 Å². The van der Waals surface area contributed by atoms with Crippen molar-refractivity contribution in [1.82, 2.24) is 0 Å². The number of pyridine rings is 2. The lowest BCUT2D eigenvalue weighted by Gasteiger charge is -2.01. The van der Waals surface area contributed by atoms with Crippen LogP contribution in [0.15, 0.2) is 52.9 Å². The summed E-state index contributed by atoms with van der Waals surface area (Å²) in [5.74, 6) is 0. The molecule has 0 amide bonds. The Morgan fingerprint density at radius 3 is 1.15 bits per heavy atom. The second kappa shape index (κ2) is 6.72. The molecule has 0 saturated carbocycles. The van der Waals surface area contributed by atoms with E-state index in [1.54, 1.807) is 0 Å². The molecule has 2 aromatic heterocycles. The van der Waals surface area contributed by atoms with Gasteiger partial charge in [0.25, 0.3) is 0 Å². The first-order chi connectivity index (χ1) is 9.38. The molecule has 0 fully saturated rings. The fraction of sp³-hybridized carbons (Fsp3) is 0.167. The van der Waals surface area contributed by atoms with E-state index in [0.717, 1.165) is 29.3 Å². The predicted octanol–water partition coefficient (Wildman–Crippen LogP) is 4.80. The molecule has 0 N–H and O–H groups in total. The summed E-state index contributed by atoms with van der Waals surface area (Å²) in [7, 11) is 3.89. The molecule has 0 saturated heterocycles. The minimum absolute atomic E-state index is 0.745. The van der Waals surface area contributed by atoms with Crippen LogP contribution in [0.2, 0.25) is 0 Å². The van der Waals surface area contributed by atoms with E-state index < -0.39 is 0 Å². The Kier molecular flexibility index (Phi) is 5.44. The van der Waals surface area contributed by atoms with Gasteiger partial charge in [-0.05, 0) is 63.7 Å². The molecule has 0 aliphatic rings. The monoisotopic (exact) mass is 526 g/mol. The highest BCUT2D eigenvalue weighted by molar-refractivity contribution is 9.11. The molecule has 8 heteroatoms. The van der Waals surface area contributed by atoms with Crippen molar-refractivity contribution in [1.29, 1.82) is 0 Å². The summed E-state index contributed by atoms with van der Waals surface area (Å²) in [4.78, 5) is 0. The fourth-order valence-corrected chi connectivity index (χ4v) is 4.55. The molecule has 20 heavy (non-hydrogen) atoms. The smallest absolute Gasteiger partial charge is 0.185 e. The van der Waals surface area contributed by atoms with Crippen molar-refractivity contribution < 1.29 is 9.13 Å². The summed E-state index contributed by atoms with van der Waals surface area (Å²) in [6.07, 6.45) is 7.70. The van der Waals surface area contributed by atoms with Crippen LogP contribution in [-0.4, -0.2) is 0 Å². The average molecular weight is 530 g/mol. The molecule has 0 spiro atoms. The normalized spacial score (nSPS) is 11.3. The SMILES string of the molecule is C[n+]1cc(Br)c(N=Nc2c(Br)c[n+](C)cc2Br)c(Br)c1. The highest BCUT2D eigenvalue weighted by atomic mass is 79.9. The zero-order valence-corrected chi connectivity index (χ0v) is 17.0. The van der Waals surface area contributed by atoms with Gasteiger partial charge in [-0.1, -0.05) is 0 Å². The van der Waals surface area contributed by atoms with E-state index in [-0.39, 0.29) is 0 Å². The third-order valence-electron chi connectivity index (χ3n) is 2.42. The highest BCUT2D eigenvalue weighted by Crippen LogP contribution is 2.36. The van der Waals surface area contributed by atoms with Crippen LogP contribution in [0.5, 0.6) is 0 Å². The number of aryl methyl sites for hydroxylation is 2. The van der Waals surface area contributed by atoms with Gasteiger partial charge in [-0.3, -0.25) is 0 Å². The molecule has 4 nitrogen and oxygen atoms in total. The number of nitrogens with zero attached hydrogens (tertiary/aromatic N) is 4. The summed E-state index contributed by atoms with van der Waals surface area (Å²) in [6, 6.07) is 0. The molecular weight excluding hydrogens is 520 g/mol. The molecule has 0 aromatic carbocycles. The maximum absolute atomic E-state index is 4.32. The van der Waals surface area contributed by atoms with Crippen molar-refractivity contribution >= 4 is 75.1 Å². The molecular formula is C12H10Br4N4+2. The van der Waals surface area contributed by atoms with Gasteiger partial charge in [0, 0.05) is 0 Å². The quantitative estimate of drug-likeness (QED) is 0.396. The summed E-state index contributed by atoms with van der Waals surface area (Å²) < 4.78 is 7.33. The zero-order valence-electron chi connectivity index (χ0n) is 10.6. The molecule has 0 radical (unpaired) electrons. The minimum atomic E-state index is 0.745. The largest absolute Gasteiger partial charge is 0.206 e. The van der Waals surface area contributed by atoms with Gasteiger partial charge in [0.05, 0.1) is 0 Å². The van der Waals surface area contributed by atoms with E-state index in [0.29, 0.717) is 0 Å². The average Bonchev–Trinajstić information content (AvgIpc) is 2.30. The van der Waals surface area contributed by atoms with Gasteiger partial charge >= 0.3 is 0 Å². The number of hydrogen-bond donors (Lipinski definition) is 0. The van der Waals surface area contributed by atoms with Crippen LogP contribution < -0.4 is 9.13 Å². The summed E-state index contributed by atoms with van der Waals surface area (Å²) >= 11 is 14.0. The first-order valence-corrected chi connectivity index (χ1v) is 8.66. The lowest BCUT2D eigenvalue weighted by molar-refractivity contribution is -0.672. The van der Waals surface area contributed by atoms with Gasteiger partial charge in [-0.15, -0.1) is 10.2 Å². The van der Waals surface area contributed by atoms with Crippen molar-refractivity contribution in [2.75, 3.05) is 0 Å². The second-order valence-corrected chi connectivity index (χ2v) is 7.55. The van der Waals surface area contributed by atoms with E-state index in [2.05, 4.69) is 73.9 Å². The Labute approximate surface area is 150 Å². The summed E-state index contributed by atoms with van der Waals surface area (Å²) in [5.41, 5.74) is 1.49. The number of halogens is 4. The molecule has 0 atom stereocenters. The summed E-state index contributed by atoms with van der Waals surface area (Å²) in [5, 5.41) is 8.63. The van der Waals surface area contributed by atoms with Crippen LogP contribution in [0.4, 0.5) is 11.4 Å². The van der Waals surface area contributed by atoms with E-state index in [1.807, 2.05) is 48.0 Å².